The number of aliphatic hydroxyl groups is 1. The summed E-state index contributed by atoms with van der Waals surface area (Å²) < 4.78 is 18.5. The van der Waals surface area contributed by atoms with Crippen molar-refractivity contribution in [3.8, 4) is 0 Å². The molecule has 0 radical (unpaired) electrons. The van der Waals surface area contributed by atoms with Crippen LogP contribution in [-0.2, 0) is 33.4 Å². The first kappa shape index (κ1) is 38.7. The van der Waals surface area contributed by atoms with Crippen LogP contribution in [0.25, 0.3) is 0 Å². The minimum absolute atomic E-state index is 0.0523. The number of ether oxygens (including phenoxy) is 3. The number of rotatable bonds is 18. The number of hydrogen-bond donors (Lipinski definition) is 2. The fourth-order valence-electron chi connectivity index (χ4n) is 7.81. The zero-order valence-corrected chi connectivity index (χ0v) is 30.8. The van der Waals surface area contributed by atoms with Crippen LogP contribution in [0, 0.1) is 17.8 Å². The van der Waals surface area contributed by atoms with E-state index in [1.54, 1.807) is 29.2 Å². The molecule has 0 aliphatic carbocycles. The summed E-state index contributed by atoms with van der Waals surface area (Å²) in [5.74, 6) is -3.61. The highest BCUT2D eigenvalue weighted by molar-refractivity contribution is 9.09. The van der Waals surface area contributed by atoms with Crippen molar-refractivity contribution in [1.29, 1.82) is 0 Å². The Balaban J connectivity index is 1.77. The first-order valence-corrected chi connectivity index (χ1v) is 18.1. The summed E-state index contributed by atoms with van der Waals surface area (Å²) in [5.41, 5.74) is -0.694. The third-order valence-electron chi connectivity index (χ3n) is 9.82. The number of alkyl halides is 1. The van der Waals surface area contributed by atoms with Gasteiger partial charge in [0.05, 0.1) is 43.2 Å². The average molecular weight is 747 g/mol. The van der Waals surface area contributed by atoms with E-state index in [1.807, 2.05) is 45.9 Å². The van der Waals surface area contributed by atoms with Gasteiger partial charge in [-0.2, -0.15) is 0 Å². The van der Waals surface area contributed by atoms with Crippen LogP contribution in [0.15, 0.2) is 55.6 Å². The maximum atomic E-state index is 14.7. The van der Waals surface area contributed by atoms with Crippen LogP contribution in [-0.4, -0.2) is 106 Å². The van der Waals surface area contributed by atoms with E-state index in [-0.39, 0.29) is 54.8 Å². The molecule has 3 heterocycles. The topological polar surface area (TPSA) is 135 Å². The van der Waals surface area contributed by atoms with E-state index < -0.39 is 59.6 Å². The predicted octanol–water partition coefficient (Wildman–Crippen LogP) is 3.95. The number of nitrogens with one attached hydrogen (secondary N) is 1. The molecule has 4 rings (SSSR count). The largest absolute Gasteiger partial charge is 0.455 e. The Morgan fingerprint density at radius 2 is 1.88 bits per heavy atom. The van der Waals surface area contributed by atoms with Crippen LogP contribution in [0.5, 0.6) is 0 Å². The molecule has 0 aromatic heterocycles. The van der Waals surface area contributed by atoms with E-state index in [2.05, 4.69) is 34.4 Å². The van der Waals surface area contributed by atoms with Crippen LogP contribution in [0.3, 0.4) is 0 Å². The Hall–Kier alpha value is -3.06. The van der Waals surface area contributed by atoms with Gasteiger partial charge in [-0.15, -0.1) is 13.2 Å². The summed E-state index contributed by atoms with van der Waals surface area (Å²) in [6.07, 6.45) is 3.05. The molecule has 0 saturated carbocycles. The Labute approximate surface area is 298 Å². The number of carbonyl (C=O) groups excluding carboxylic acids is 4. The monoisotopic (exact) mass is 745 g/mol. The molecule has 2 N–H and O–H groups in total. The van der Waals surface area contributed by atoms with Crippen molar-refractivity contribution < 1.29 is 38.5 Å². The van der Waals surface area contributed by atoms with Crippen molar-refractivity contribution in [3.05, 3.63) is 61.2 Å². The molecule has 11 nitrogen and oxygen atoms in total. The van der Waals surface area contributed by atoms with Crippen LogP contribution in [0.1, 0.15) is 65.0 Å². The number of benzene rings is 1. The van der Waals surface area contributed by atoms with Gasteiger partial charge >= 0.3 is 5.97 Å². The molecule has 1 aromatic rings. The van der Waals surface area contributed by atoms with E-state index in [0.29, 0.717) is 24.8 Å². The lowest BCUT2D eigenvalue weighted by atomic mass is 9.70. The highest BCUT2D eigenvalue weighted by Crippen LogP contribution is 2.61. The molecule has 12 heteroatoms. The second-order valence-electron chi connectivity index (χ2n) is 14.0. The summed E-state index contributed by atoms with van der Waals surface area (Å²) in [7, 11) is 1.50. The normalized spacial score (nSPS) is 27.5. The highest BCUT2D eigenvalue weighted by atomic mass is 79.9. The number of halogens is 1. The number of allylic oxidation sites excluding steroid dienone is 1. The summed E-state index contributed by atoms with van der Waals surface area (Å²) >= 11 is 3.73. The van der Waals surface area contributed by atoms with Gasteiger partial charge < -0.3 is 34.4 Å². The van der Waals surface area contributed by atoms with Gasteiger partial charge in [-0.1, -0.05) is 72.3 Å². The quantitative estimate of drug-likeness (QED) is 0.131. The number of methoxy groups -OCH3 is 1. The Bertz CT molecular complexity index is 1360. The van der Waals surface area contributed by atoms with Gasteiger partial charge in [0.2, 0.25) is 17.7 Å². The molecule has 1 unspecified atom stereocenters. The smallest absolute Gasteiger partial charge is 0.313 e. The SMILES string of the molecule is C=CCCC(=O)N[C@H](COC)[C@H](OC(=O)[C@H]1[C@@H]2O[C@@]3(CC2Br)[C@@H]1C(=O)N([C@@H](CO)CC(C)C)[C@@H]3C(=O)N(CC=C)C(C)C)c1ccccc1. The molecule has 2 bridgehead atoms. The van der Waals surface area contributed by atoms with Crippen molar-refractivity contribution in [1.82, 2.24) is 15.1 Å². The van der Waals surface area contributed by atoms with Crippen molar-refractivity contribution in [2.24, 2.45) is 17.8 Å². The minimum atomic E-state index is -1.33. The van der Waals surface area contributed by atoms with Gasteiger partial charge in [0.15, 0.2) is 0 Å². The number of amides is 3. The van der Waals surface area contributed by atoms with Gasteiger partial charge in [0, 0.05) is 30.9 Å². The summed E-state index contributed by atoms with van der Waals surface area (Å²) in [4.78, 5) is 59.5. The number of esters is 1. The van der Waals surface area contributed by atoms with Crippen LogP contribution in [0.4, 0.5) is 0 Å². The van der Waals surface area contributed by atoms with Crippen molar-refractivity contribution in [2.75, 3.05) is 26.9 Å². The summed E-state index contributed by atoms with van der Waals surface area (Å²) in [6, 6.07) is 6.38. The molecule has 3 aliphatic heterocycles. The van der Waals surface area contributed by atoms with Gasteiger partial charge in [0.25, 0.3) is 0 Å². The first-order chi connectivity index (χ1) is 23.4. The molecule has 270 valence electrons. The van der Waals surface area contributed by atoms with E-state index in [0.717, 1.165) is 0 Å². The first-order valence-electron chi connectivity index (χ1n) is 17.2. The van der Waals surface area contributed by atoms with Crippen molar-refractivity contribution in [2.45, 2.75) is 100 Å². The number of hydrogen-bond acceptors (Lipinski definition) is 8. The van der Waals surface area contributed by atoms with Gasteiger partial charge in [0.1, 0.15) is 17.7 Å². The lowest BCUT2D eigenvalue weighted by Gasteiger charge is -2.40. The molecule has 1 spiro atoms. The minimum Gasteiger partial charge on any atom is -0.455 e. The van der Waals surface area contributed by atoms with Gasteiger partial charge in [-0.3, -0.25) is 19.2 Å². The molecule has 3 fully saturated rings. The van der Waals surface area contributed by atoms with E-state index >= 15 is 0 Å². The zero-order chi connectivity index (χ0) is 36.0. The fraction of sp³-hybridized carbons (Fsp3) is 0.622. The molecular formula is C37H52BrN3O8. The summed E-state index contributed by atoms with van der Waals surface area (Å²) in [6.45, 7) is 15.3. The van der Waals surface area contributed by atoms with Crippen LogP contribution < -0.4 is 5.32 Å². The van der Waals surface area contributed by atoms with E-state index in [9.17, 15) is 24.3 Å². The second-order valence-corrected chi connectivity index (χ2v) is 15.1. The Morgan fingerprint density at radius 3 is 2.45 bits per heavy atom. The molecule has 3 saturated heterocycles. The lowest BCUT2D eigenvalue weighted by molar-refractivity contribution is -0.163. The molecule has 1 aromatic carbocycles. The Morgan fingerprint density at radius 1 is 1.18 bits per heavy atom. The molecular weight excluding hydrogens is 694 g/mol. The summed E-state index contributed by atoms with van der Waals surface area (Å²) in [5, 5.41) is 13.6. The van der Waals surface area contributed by atoms with E-state index in [1.165, 1.54) is 12.0 Å². The average Bonchev–Trinajstić information content (AvgIpc) is 3.66. The molecule has 3 aliphatic rings. The maximum absolute atomic E-state index is 14.7. The molecule has 3 amide bonds. The van der Waals surface area contributed by atoms with Crippen molar-refractivity contribution >= 4 is 39.6 Å². The predicted molar refractivity (Wildman–Crippen MR) is 188 cm³/mol. The number of aliphatic hydroxyl groups excluding tert-OH is 1. The maximum Gasteiger partial charge on any atom is 0.313 e. The third kappa shape index (κ3) is 7.82. The van der Waals surface area contributed by atoms with Crippen LogP contribution >= 0.6 is 15.9 Å². The van der Waals surface area contributed by atoms with Crippen molar-refractivity contribution in [3.63, 3.8) is 0 Å². The molecule has 49 heavy (non-hydrogen) atoms. The van der Waals surface area contributed by atoms with Crippen LogP contribution in [0.2, 0.25) is 0 Å². The molecule has 9 atom stereocenters. The van der Waals surface area contributed by atoms with Gasteiger partial charge in [-0.25, -0.2) is 0 Å². The standard InChI is InChI=1S/C37H52BrN3O8/c1-8-10-16-28(43)39-27(21-47-7)31(24-14-12-11-13-15-24)48-36(46)29-30-34(44)41(25(20-42)18-22(3)4)33(35(45)40(17-9-2)23(5)6)37(30)19-26(38)32(29)49-37/h8-9,11-15,22-23,25-27,29-33,42H,1-2,10,16-21H2,3-7H3,(H,39,43)/t25-,26?,27-,29-,30+,31-,32-,33-,37+/m1/s1. The number of nitrogens with zero attached hydrogens (tertiary/aromatic N) is 2. The Kier molecular flexibility index (Phi) is 13.3. The lowest BCUT2D eigenvalue weighted by Crippen LogP contribution is -2.60. The fourth-order valence-corrected chi connectivity index (χ4v) is 8.75. The number of carbonyl (C=O) groups is 4. The van der Waals surface area contributed by atoms with Gasteiger partial charge in [-0.05, 0) is 44.6 Å². The second kappa shape index (κ2) is 16.8. The third-order valence-corrected chi connectivity index (χ3v) is 10.7. The van der Waals surface area contributed by atoms with E-state index in [4.69, 9.17) is 14.2 Å². The zero-order valence-electron chi connectivity index (χ0n) is 29.3. The number of fused-ring (bicyclic) bond motifs is 1. The highest BCUT2D eigenvalue weighted by Gasteiger charge is 2.77. The number of likely N-dealkylation sites (tertiary alicyclic amines) is 1.